The van der Waals surface area contributed by atoms with Crippen LogP contribution >= 0.6 is 11.6 Å². The average molecular weight is 223 g/mol. The minimum atomic E-state index is 0.374. The van der Waals surface area contributed by atoms with E-state index in [0.717, 1.165) is 23.5 Å². The fourth-order valence-electron chi connectivity index (χ4n) is 1.44. The van der Waals surface area contributed by atoms with Crippen molar-refractivity contribution in [1.29, 1.82) is 0 Å². The van der Waals surface area contributed by atoms with Crippen LogP contribution < -0.4 is 0 Å². The summed E-state index contributed by atoms with van der Waals surface area (Å²) in [6.07, 6.45) is 4.34. The van der Waals surface area contributed by atoms with Gasteiger partial charge in [-0.15, -0.1) is 10.2 Å². The normalized spacial score (nSPS) is 10.6. The number of hydrogen-bond donors (Lipinski definition) is 0. The van der Waals surface area contributed by atoms with Crippen molar-refractivity contribution in [3.63, 3.8) is 0 Å². The van der Waals surface area contributed by atoms with Crippen LogP contribution in [0.3, 0.4) is 0 Å². The van der Waals surface area contributed by atoms with Crippen molar-refractivity contribution in [2.45, 2.75) is 20.3 Å². The summed E-state index contributed by atoms with van der Waals surface area (Å²) in [6, 6.07) is 2.00. The van der Waals surface area contributed by atoms with E-state index in [1.165, 1.54) is 0 Å². The second kappa shape index (κ2) is 3.98. The number of hydrogen-bond acceptors (Lipinski definition) is 3. The zero-order valence-corrected chi connectivity index (χ0v) is 9.36. The van der Waals surface area contributed by atoms with Crippen LogP contribution in [-0.2, 0) is 6.42 Å². The number of halogens is 1. The highest BCUT2D eigenvalue weighted by Crippen LogP contribution is 2.17. The molecule has 78 valence electrons. The van der Waals surface area contributed by atoms with Crippen molar-refractivity contribution in [2.75, 3.05) is 0 Å². The van der Waals surface area contributed by atoms with Crippen molar-refractivity contribution < 1.29 is 0 Å². The molecule has 2 rings (SSSR count). The Hall–Kier alpha value is -1.42. The van der Waals surface area contributed by atoms with Crippen molar-refractivity contribution in [2.24, 2.45) is 0 Å². The Bertz CT molecular complexity index is 478. The maximum atomic E-state index is 5.97. The maximum Gasteiger partial charge on any atom is 0.229 e. The molecule has 0 radical (unpaired) electrons. The second-order valence-corrected chi connectivity index (χ2v) is 3.63. The standard InChI is InChI=1S/C10H11ClN4/c1-3-9-13-14-10(11)15(9)8-4-7(2)5-12-6-8/h4-6H,3H2,1-2H3. The van der Waals surface area contributed by atoms with Gasteiger partial charge < -0.3 is 0 Å². The lowest BCUT2D eigenvalue weighted by Crippen LogP contribution is -2.01. The van der Waals surface area contributed by atoms with E-state index in [9.17, 15) is 0 Å². The van der Waals surface area contributed by atoms with Crippen LogP contribution in [0, 0.1) is 6.92 Å². The minimum Gasteiger partial charge on any atom is -0.268 e. The molecule has 2 aromatic heterocycles. The van der Waals surface area contributed by atoms with Gasteiger partial charge in [0.15, 0.2) is 0 Å². The lowest BCUT2D eigenvalue weighted by Gasteiger charge is -2.06. The van der Waals surface area contributed by atoms with E-state index in [-0.39, 0.29) is 0 Å². The molecule has 0 spiro atoms. The highest BCUT2D eigenvalue weighted by molar-refractivity contribution is 6.28. The van der Waals surface area contributed by atoms with Crippen LogP contribution in [-0.4, -0.2) is 19.7 Å². The van der Waals surface area contributed by atoms with Gasteiger partial charge in [0.05, 0.1) is 11.9 Å². The molecule has 4 nitrogen and oxygen atoms in total. The second-order valence-electron chi connectivity index (χ2n) is 3.29. The molecule has 5 heteroatoms. The monoisotopic (exact) mass is 222 g/mol. The fraction of sp³-hybridized carbons (Fsp3) is 0.300. The lowest BCUT2D eigenvalue weighted by atomic mass is 10.3. The van der Waals surface area contributed by atoms with Crippen molar-refractivity contribution in [3.05, 3.63) is 35.1 Å². The number of aromatic nitrogens is 4. The van der Waals surface area contributed by atoms with E-state index < -0.39 is 0 Å². The number of aryl methyl sites for hydroxylation is 2. The summed E-state index contributed by atoms with van der Waals surface area (Å²) < 4.78 is 1.81. The predicted octanol–water partition coefficient (Wildman–Crippen LogP) is 2.19. The predicted molar refractivity (Wildman–Crippen MR) is 58.3 cm³/mol. The largest absolute Gasteiger partial charge is 0.268 e. The van der Waals surface area contributed by atoms with Gasteiger partial charge in [-0.25, -0.2) is 0 Å². The molecule has 0 saturated carbocycles. The van der Waals surface area contributed by atoms with Crippen LogP contribution in [0.1, 0.15) is 18.3 Å². The van der Waals surface area contributed by atoms with Gasteiger partial charge >= 0.3 is 0 Å². The maximum absolute atomic E-state index is 5.97. The van der Waals surface area contributed by atoms with Gasteiger partial charge in [-0.3, -0.25) is 9.55 Å². The molecule has 0 unspecified atom stereocenters. The van der Waals surface area contributed by atoms with Gasteiger partial charge in [0.25, 0.3) is 0 Å². The molecule has 2 aromatic rings. The summed E-state index contributed by atoms with van der Waals surface area (Å²) in [5, 5.41) is 8.21. The average Bonchev–Trinajstić information content (AvgIpc) is 2.59. The SMILES string of the molecule is CCc1nnc(Cl)n1-c1cncc(C)c1. The Morgan fingerprint density at radius 1 is 1.33 bits per heavy atom. The molecule has 0 bridgehead atoms. The van der Waals surface area contributed by atoms with E-state index in [4.69, 9.17) is 11.6 Å². The Labute approximate surface area is 92.9 Å². The fourth-order valence-corrected chi connectivity index (χ4v) is 1.67. The molecule has 0 fully saturated rings. The highest BCUT2D eigenvalue weighted by Gasteiger charge is 2.10. The van der Waals surface area contributed by atoms with Crippen LogP contribution in [0.5, 0.6) is 0 Å². The molecule has 15 heavy (non-hydrogen) atoms. The summed E-state index contributed by atoms with van der Waals surface area (Å²) in [6.45, 7) is 4.00. The van der Waals surface area contributed by atoms with Crippen LogP contribution in [0.15, 0.2) is 18.5 Å². The Balaban J connectivity index is 2.57. The quantitative estimate of drug-likeness (QED) is 0.783. The smallest absolute Gasteiger partial charge is 0.229 e. The molecular weight excluding hydrogens is 212 g/mol. The summed E-state index contributed by atoms with van der Waals surface area (Å²) >= 11 is 5.97. The zero-order valence-electron chi connectivity index (χ0n) is 8.61. The summed E-state index contributed by atoms with van der Waals surface area (Å²) in [7, 11) is 0. The third kappa shape index (κ3) is 1.85. The highest BCUT2D eigenvalue weighted by atomic mass is 35.5. The first-order valence-electron chi connectivity index (χ1n) is 4.74. The van der Waals surface area contributed by atoms with Crippen LogP contribution in [0.4, 0.5) is 0 Å². The Morgan fingerprint density at radius 3 is 2.80 bits per heavy atom. The molecule has 0 aromatic carbocycles. The molecule has 0 aliphatic heterocycles. The first-order chi connectivity index (χ1) is 7.22. The summed E-state index contributed by atoms with van der Waals surface area (Å²) in [4.78, 5) is 4.12. The summed E-state index contributed by atoms with van der Waals surface area (Å²) in [5.74, 6) is 0.840. The Morgan fingerprint density at radius 2 is 2.13 bits per heavy atom. The minimum absolute atomic E-state index is 0.374. The molecular formula is C10H11ClN4. The van der Waals surface area contributed by atoms with E-state index >= 15 is 0 Å². The number of pyridine rings is 1. The van der Waals surface area contributed by atoms with Crippen LogP contribution in [0.2, 0.25) is 5.28 Å². The lowest BCUT2D eigenvalue weighted by molar-refractivity contribution is 0.878. The Kier molecular flexibility index (Phi) is 2.68. The van der Waals surface area contributed by atoms with E-state index in [1.54, 1.807) is 12.4 Å². The van der Waals surface area contributed by atoms with Crippen molar-refractivity contribution in [3.8, 4) is 5.69 Å². The first-order valence-corrected chi connectivity index (χ1v) is 5.12. The molecule has 0 aliphatic carbocycles. The van der Waals surface area contributed by atoms with Gasteiger partial charge in [0, 0.05) is 12.6 Å². The zero-order chi connectivity index (χ0) is 10.8. The summed E-state index contributed by atoms with van der Waals surface area (Å²) in [5.41, 5.74) is 1.99. The number of rotatable bonds is 2. The third-order valence-electron chi connectivity index (χ3n) is 2.13. The van der Waals surface area contributed by atoms with Gasteiger partial charge in [-0.1, -0.05) is 6.92 Å². The van der Waals surface area contributed by atoms with Crippen LogP contribution in [0.25, 0.3) is 5.69 Å². The molecule has 0 amide bonds. The van der Waals surface area contributed by atoms with E-state index in [0.29, 0.717) is 5.28 Å². The molecule has 2 heterocycles. The topological polar surface area (TPSA) is 43.6 Å². The van der Waals surface area contributed by atoms with Gasteiger partial charge in [-0.2, -0.15) is 0 Å². The molecule has 0 saturated heterocycles. The van der Waals surface area contributed by atoms with Crippen molar-refractivity contribution >= 4 is 11.6 Å². The van der Waals surface area contributed by atoms with E-state index in [2.05, 4.69) is 15.2 Å². The number of nitrogens with zero attached hydrogens (tertiary/aromatic N) is 4. The van der Waals surface area contributed by atoms with Crippen molar-refractivity contribution in [1.82, 2.24) is 19.7 Å². The van der Waals surface area contributed by atoms with Gasteiger partial charge in [0.1, 0.15) is 5.82 Å². The molecule has 0 atom stereocenters. The molecule has 0 aliphatic rings. The van der Waals surface area contributed by atoms with E-state index in [1.807, 2.05) is 24.5 Å². The molecule has 0 N–H and O–H groups in total. The van der Waals surface area contributed by atoms with Gasteiger partial charge in [0.2, 0.25) is 5.28 Å². The van der Waals surface area contributed by atoms with Gasteiger partial charge in [-0.05, 0) is 30.2 Å². The third-order valence-corrected chi connectivity index (χ3v) is 2.37. The first kappa shape index (κ1) is 10.1.